The largest absolute Gasteiger partial charge is 0.481 e. The molecule has 2 saturated heterocycles. The van der Waals surface area contributed by atoms with Crippen molar-refractivity contribution in [2.45, 2.75) is 25.8 Å². The number of carbonyl (C=O) groups excluding carboxylic acids is 1. The van der Waals surface area contributed by atoms with E-state index in [1.165, 1.54) is 0 Å². The van der Waals surface area contributed by atoms with Gasteiger partial charge in [-0.25, -0.2) is 4.79 Å². The summed E-state index contributed by atoms with van der Waals surface area (Å²) in [5.74, 6) is -1.19. The molecule has 1 N–H and O–H groups in total. The first kappa shape index (κ1) is 14.1. The fourth-order valence-electron chi connectivity index (χ4n) is 2.96. The lowest BCUT2D eigenvalue weighted by Crippen LogP contribution is -2.57. The minimum absolute atomic E-state index is 0.00606. The molecule has 6 heteroatoms. The summed E-state index contributed by atoms with van der Waals surface area (Å²) in [5, 5.41) is 9.08. The number of piperidine rings is 1. The third kappa shape index (κ3) is 3.18. The maximum Gasteiger partial charge on any atom is 0.320 e. The summed E-state index contributed by atoms with van der Waals surface area (Å²) in [6.45, 7) is 5.57. The van der Waals surface area contributed by atoms with Gasteiger partial charge in [0.05, 0.1) is 5.92 Å². The highest BCUT2D eigenvalue weighted by Gasteiger charge is 2.33. The van der Waals surface area contributed by atoms with Crippen LogP contribution in [0.4, 0.5) is 4.79 Å². The number of rotatable bonds is 1. The smallest absolute Gasteiger partial charge is 0.320 e. The van der Waals surface area contributed by atoms with Gasteiger partial charge in [-0.3, -0.25) is 4.79 Å². The zero-order valence-corrected chi connectivity index (χ0v) is 11.7. The molecule has 2 rings (SSSR count). The van der Waals surface area contributed by atoms with Crippen LogP contribution >= 0.6 is 0 Å². The number of carbonyl (C=O) groups is 2. The molecule has 2 unspecified atom stereocenters. The van der Waals surface area contributed by atoms with Crippen molar-refractivity contribution in [3.63, 3.8) is 0 Å². The predicted octanol–water partition coefficient (Wildman–Crippen LogP) is 0.539. The van der Waals surface area contributed by atoms with Gasteiger partial charge in [0.25, 0.3) is 0 Å². The van der Waals surface area contributed by atoms with Crippen molar-refractivity contribution in [2.75, 3.05) is 39.8 Å². The van der Waals surface area contributed by atoms with Gasteiger partial charge in [-0.05, 0) is 26.8 Å². The molecule has 108 valence electrons. The molecule has 6 nitrogen and oxygen atoms in total. The van der Waals surface area contributed by atoms with Gasteiger partial charge in [-0.2, -0.15) is 0 Å². The fourth-order valence-corrected chi connectivity index (χ4v) is 2.96. The molecule has 19 heavy (non-hydrogen) atoms. The van der Waals surface area contributed by atoms with Crippen LogP contribution in [0.3, 0.4) is 0 Å². The molecular formula is C13H23N3O3. The maximum absolute atomic E-state index is 12.5. The maximum atomic E-state index is 12.5. The highest BCUT2D eigenvalue weighted by molar-refractivity contribution is 5.77. The Bertz CT molecular complexity index is 361. The number of amides is 2. The molecule has 2 fully saturated rings. The Kier molecular flexibility index (Phi) is 4.29. The van der Waals surface area contributed by atoms with Gasteiger partial charge in [0.15, 0.2) is 0 Å². The number of aliphatic carboxylic acids is 1. The number of piperazine rings is 1. The number of likely N-dealkylation sites (N-methyl/N-ethyl adjacent to an activating group) is 1. The van der Waals surface area contributed by atoms with E-state index >= 15 is 0 Å². The molecule has 0 radical (unpaired) electrons. The molecule has 0 aliphatic carbocycles. The minimum atomic E-state index is -0.788. The number of carboxylic acids is 1. The van der Waals surface area contributed by atoms with E-state index in [0.717, 1.165) is 26.1 Å². The van der Waals surface area contributed by atoms with E-state index in [9.17, 15) is 9.59 Å². The Balaban J connectivity index is 1.97. The SMILES string of the molecule is CC1CN(C)CCN1C(=O)N1CCCC(C(=O)O)C1. The number of likely N-dealkylation sites (tertiary alicyclic amines) is 1. The molecular weight excluding hydrogens is 246 g/mol. The lowest BCUT2D eigenvalue weighted by Gasteiger charge is -2.42. The molecule has 0 aromatic carbocycles. The van der Waals surface area contributed by atoms with Gasteiger partial charge in [0.2, 0.25) is 0 Å². The summed E-state index contributed by atoms with van der Waals surface area (Å²) in [6, 6.07) is 0.197. The topological polar surface area (TPSA) is 64.1 Å². The highest BCUT2D eigenvalue weighted by atomic mass is 16.4. The van der Waals surface area contributed by atoms with E-state index in [-0.39, 0.29) is 12.1 Å². The van der Waals surface area contributed by atoms with E-state index in [0.29, 0.717) is 19.5 Å². The van der Waals surface area contributed by atoms with Crippen molar-refractivity contribution in [3.05, 3.63) is 0 Å². The second-order valence-corrected chi connectivity index (χ2v) is 5.71. The number of carboxylic acid groups (broad SMARTS) is 1. The first-order chi connectivity index (χ1) is 8.99. The summed E-state index contributed by atoms with van der Waals surface area (Å²) in [5.41, 5.74) is 0. The number of hydrogen-bond acceptors (Lipinski definition) is 3. The van der Waals surface area contributed by atoms with Gasteiger partial charge >= 0.3 is 12.0 Å². The third-order valence-electron chi connectivity index (χ3n) is 4.12. The standard InChI is InChI=1S/C13H23N3O3/c1-10-8-14(2)6-7-16(10)13(19)15-5-3-4-11(9-15)12(17)18/h10-11H,3-9H2,1-2H3,(H,17,18). The zero-order valence-electron chi connectivity index (χ0n) is 11.7. The second-order valence-electron chi connectivity index (χ2n) is 5.71. The molecule has 2 amide bonds. The van der Waals surface area contributed by atoms with Crippen LogP contribution in [0, 0.1) is 5.92 Å². The van der Waals surface area contributed by atoms with Crippen LogP contribution < -0.4 is 0 Å². The van der Waals surface area contributed by atoms with Gasteiger partial charge in [-0.1, -0.05) is 0 Å². The van der Waals surface area contributed by atoms with Gasteiger partial charge in [-0.15, -0.1) is 0 Å². The van der Waals surface area contributed by atoms with Crippen LogP contribution in [-0.4, -0.2) is 77.6 Å². The summed E-state index contributed by atoms with van der Waals surface area (Å²) < 4.78 is 0. The summed E-state index contributed by atoms with van der Waals surface area (Å²) >= 11 is 0. The van der Waals surface area contributed by atoms with Crippen molar-refractivity contribution in [1.82, 2.24) is 14.7 Å². The van der Waals surface area contributed by atoms with Crippen molar-refractivity contribution in [1.29, 1.82) is 0 Å². The molecule has 2 atom stereocenters. The first-order valence-corrected chi connectivity index (χ1v) is 6.96. The Labute approximate surface area is 114 Å². The van der Waals surface area contributed by atoms with Crippen molar-refractivity contribution < 1.29 is 14.7 Å². The Morgan fingerprint density at radius 2 is 1.89 bits per heavy atom. The van der Waals surface area contributed by atoms with E-state index in [2.05, 4.69) is 11.9 Å². The number of hydrogen-bond donors (Lipinski definition) is 1. The third-order valence-corrected chi connectivity index (χ3v) is 4.12. The Morgan fingerprint density at radius 1 is 1.16 bits per heavy atom. The van der Waals surface area contributed by atoms with Crippen molar-refractivity contribution in [3.8, 4) is 0 Å². The molecule has 2 aliphatic rings. The Morgan fingerprint density at radius 3 is 2.53 bits per heavy atom. The average Bonchev–Trinajstić information content (AvgIpc) is 2.38. The minimum Gasteiger partial charge on any atom is -0.481 e. The molecule has 0 spiro atoms. The van der Waals surface area contributed by atoms with E-state index in [4.69, 9.17) is 5.11 Å². The number of nitrogens with zero attached hydrogens (tertiary/aromatic N) is 3. The molecule has 0 saturated carbocycles. The molecule has 0 bridgehead atoms. The summed E-state index contributed by atoms with van der Waals surface area (Å²) in [4.78, 5) is 29.3. The first-order valence-electron chi connectivity index (χ1n) is 6.96. The Hall–Kier alpha value is -1.30. The van der Waals surface area contributed by atoms with Crippen LogP contribution in [0.5, 0.6) is 0 Å². The van der Waals surface area contributed by atoms with E-state index in [1.807, 2.05) is 11.8 Å². The van der Waals surface area contributed by atoms with Crippen LogP contribution in [0.25, 0.3) is 0 Å². The molecule has 0 aromatic heterocycles. The van der Waals surface area contributed by atoms with Gasteiger partial charge < -0.3 is 19.8 Å². The van der Waals surface area contributed by atoms with Crippen LogP contribution in [0.1, 0.15) is 19.8 Å². The molecule has 0 aromatic rings. The highest BCUT2D eigenvalue weighted by Crippen LogP contribution is 2.19. The summed E-state index contributed by atoms with van der Waals surface area (Å²) in [6.07, 6.45) is 1.46. The normalized spacial score (nSPS) is 29.4. The summed E-state index contributed by atoms with van der Waals surface area (Å²) in [7, 11) is 2.06. The van der Waals surface area contributed by atoms with Gasteiger partial charge in [0.1, 0.15) is 0 Å². The number of urea groups is 1. The predicted molar refractivity (Wildman–Crippen MR) is 71.0 cm³/mol. The lowest BCUT2D eigenvalue weighted by molar-refractivity contribution is -0.143. The van der Waals surface area contributed by atoms with Crippen LogP contribution in [0.2, 0.25) is 0 Å². The molecule has 2 heterocycles. The fraction of sp³-hybridized carbons (Fsp3) is 0.846. The van der Waals surface area contributed by atoms with E-state index in [1.54, 1.807) is 4.90 Å². The molecule has 2 aliphatic heterocycles. The van der Waals surface area contributed by atoms with Crippen molar-refractivity contribution in [2.24, 2.45) is 5.92 Å². The lowest BCUT2D eigenvalue weighted by atomic mass is 9.98. The second kappa shape index (κ2) is 5.77. The average molecular weight is 269 g/mol. The van der Waals surface area contributed by atoms with Crippen LogP contribution in [0.15, 0.2) is 0 Å². The monoisotopic (exact) mass is 269 g/mol. The van der Waals surface area contributed by atoms with E-state index < -0.39 is 11.9 Å². The van der Waals surface area contributed by atoms with Gasteiger partial charge in [0, 0.05) is 38.8 Å². The zero-order chi connectivity index (χ0) is 14.0. The van der Waals surface area contributed by atoms with Crippen LogP contribution in [-0.2, 0) is 4.79 Å². The quantitative estimate of drug-likeness (QED) is 0.754. The van der Waals surface area contributed by atoms with Crippen molar-refractivity contribution >= 4 is 12.0 Å².